The molecule has 2 N–H and O–H groups in total. The van der Waals surface area contributed by atoms with Crippen molar-refractivity contribution in [3.05, 3.63) is 84.3 Å². The summed E-state index contributed by atoms with van der Waals surface area (Å²) in [7, 11) is 0. The number of hydrogen-bond acceptors (Lipinski definition) is 12. The van der Waals surface area contributed by atoms with Gasteiger partial charge < -0.3 is 37.9 Å². The molecule has 2 amide bonds. The molecule has 0 fully saturated rings. The number of carbonyl (C=O) groups is 4. The first kappa shape index (κ1) is 40.9. The molecule has 0 heterocycles. The zero-order chi connectivity index (χ0) is 36.2. The van der Waals surface area contributed by atoms with Crippen LogP contribution in [-0.2, 0) is 36.9 Å². The van der Waals surface area contributed by atoms with Crippen LogP contribution in [0.25, 0.3) is 0 Å². The van der Waals surface area contributed by atoms with Crippen LogP contribution in [0.2, 0.25) is 0 Å². The van der Waals surface area contributed by atoms with Crippen molar-refractivity contribution in [3.8, 4) is 0 Å². The molecular weight excluding hydrogens is 673 g/mol. The van der Waals surface area contributed by atoms with Crippen LogP contribution in [0.1, 0.15) is 44.7 Å². The maximum Gasteiger partial charge on any atom is 0.407 e. The molecule has 0 bridgehead atoms. The summed E-state index contributed by atoms with van der Waals surface area (Å²) in [6, 6.07) is 15.1. The van der Waals surface area contributed by atoms with E-state index in [1.54, 1.807) is 0 Å². The zero-order valence-corrected chi connectivity index (χ0v) is 30.3. The van der Waals surface area contributed by atoms with Gasteiger partial charge in [-0.1, -0.05) is 56.2 Å². The second kappa shape index (κ2) is 21.6. The molecule has 0 aromatic heterocycles. The number of rotatable bonds is 21. The second-order valence-corrected chi connectivity index (χ2v) is 13.5. The number of ether oxygens (including phenoxy) is 4. The van der Waals surface area contributed by atoms with Crippen molar-refractivity contribution >= 4 is 48.2 Å². The summed E-state index contributed by atoms with van der Waals surface area (Å²) in [6.45, 7) is 17.3. The van der Waals surface area contributed by atoms with Crippen molar-refractivity contribution in [1.82, 2.24) is 10.6 Å². The maximum absolute atomic E-state index is 12.1. The Morgan fingerprint density at radius 3 is 1.55 bits per heavy atom. The molecule has 0 aliphatic heterocycles. The highest BCUT2D eigenvalue weighted by Gasteiger charge is 2.23. The Morgan fingerprint density at radius 2 is 1.10 bits per heavy atom. The van der Waals surface area contributed by atoms with E-state index >= 15 is 0 Å². The van der Waals surface area contributed by atoms with E-state index in [0.29, 0.717) is 19.5 Å². The number of carbonyl (C=O) groups excluding carboxylic acids is 4. The van der Waals surface area contributed by atoms with Gasteiger partial charge in [0.15, 0.2) is 0 Å². The Hall–Kier alpha value is -4.30. The Morgan fingerprint density at radius 1 is 0.694 bits per heavy atom. The van der Waals surface area contributed by atoms with E-state index in [9.17, 15) is 19.2 Å². The fraction of sp³-hybridized carbons (Fsp3) is 0.429. The van der Waals surface area contributed by atoms with Gasteiger partial charge >= 0.3 is 24.1 Å². The van der Waals surface area contributed by atoms with Crippen LogP contribution >= 0.6 is 24.1 Å². The summed E-state index contributed by atoms with van der Waals surface area (Å²) in [5.74, 6) is -1.61. The van der Waals surface area contributed by atoms with Crippen molar-refractivity contribution in [3.63, 3.8) is 0 Å². The van der Waals surface area contributed by atoms with Gasteiger partial charge in [0, 0.05) is 22.9 Å². The molecule has 2 aromatic carbocycles. The Bertz CT molecular complexity index is 1400. The number of amides is 2. The lowest BCUT2D eigenvalue weighted by molar-refractivity contribution is -0.143. The van der Waals surface area contributed by atoms with Gasteiger partial charge in [-0.15, -0.1) is 0 Å². The van der Waals surface area contributed by atoms with Gasteiger partial charge in [-0.05, 0) is 75.4 Å². The van der Waals surface area contributed by atoms with Crippen molar-refractivity contribution < 1.29 is 46.5 Å². The van der Waals surface area contributed by atoms with Gasteiger partial charge in [-0.25, -0.2) is 19.2 Å². The highest BCUT2D eigenvalue weighted by atomic mass is 32.2. The van der Waals surface area contributed by atoms with Crippen molar-refractivity contribution in [2.24, 2.45) is 11.3 Å². The van der Waals surface area contributed by atoms with Crippen molar-refractivity contribution in [2.75, 3.05) is 39.5 Å². The number of benzene rings is 2. The molecule has 49 heavy (non-hydrogen) atoms. The van der Waals surface area contributed by atoms with E-state index in [4.69, 9.17) is 27.3 Å². The first-order valence-corrected chi connectivity index (χ1v) is 17.1. The lowest BCUT2D eigenvalue weighted by atomic mass is 9.82. The van der Waals surface area contributed by atoms with Crippen LogP contribution in [0.5, 0.6) is 0 Å². The fourth-order valence-corrected chi connectivity index (χ4v) is 5.13. The molecule has 0 radical (unpaired) electrons. The maximum atomic E-state index is 12.1. The van der Waals surface area contributed by atoms with E-state index in [-0.39, 0.29) is 49.3 Å². The zero-order valence-electron chi connectivity index (χ0n) is 28.7. The standard InChI is InChI=1S/C35H46N2O10S2/c1-24-8-12-29(13-9-24)48-46-27(4)31(38)42-18-20-44-33(40)36-17-16-26(3)22-35(6,7)23-37-34(41)45-21-19-43-32(39)28(5)47-49-30-14-10-25(2)11-15-30/h8-15,26H,4-5,16-23H2,1-3,6-7H3,(H,36,40)(H,37,41). The number of nitrogens with one attached hydrogen (secondary N) is 2. The minimum Gasteiger partial charge on any atom is -0.456 e. The van der Waals surface area contributed by atoms with Gasteiger partial charge in [-0.3, -0.25) is 0 Å². The van der Waals surface area contributed by atoms with Gasteiger partial charge in [0.05, 0.1) is 24.1 Å². The number of hydrogen-bond donors (Lipinski definition) is 2. The van der Waals surface area contributed by atoms with Crippen LogP contribution in [0.3, 0.4) is 0 Å². The highest BCUT2D eigenvalue weighted by Crippen LogP contribution is 2.26. The van der Waals surface area contributed by atoms with Crippen LogP contribution in [0.15, 0.2) is 83.0 Å². The minimum atomic E-state index is -0.746. The summed E-state index contributed by atoms with van der Waals surface area (Å²) in [6.07, 6.45) is 0.182. The summed E-state index contributed by atoms with van der Waals surface area (Å²) in [5.41, 5.74) is 1.95. The van der Waals surface area contributed by atoms with Crippen molar-refractivity contribution in [1.29, 1.82) is 0 Å². The van der Waals surface area contributed by atoms with E-state index < -0.39 is 24.1 Å². The molecule has 0 aliphatic carbocycles. The Balaban J connectivity index is 1.49. The molecule has 1 unspecified atom stereocenters. The van der Waals surface area contributed by atoms with Crippen molar-refractivity contribution in [2.45, 2.75) is 57.3 Å². The Kier molecular flexibility index (Phi) is 18.0. The largest absolute Gasteiger partial charge is 0.456 e. The molecule has 0 saturated carbocycles. The third-order valence-electron chi connectivity index (χ3n) is 6.59. The molecule has 268 valence electrons. The Labute approximate surface area is 297 Å². The predicted octanol–water partition coefficient (Wildman–Crippen LogP) is 7.06. The van der Waals surface area contributed by atoms with Gasteiger partial charge in [0.2, 0.25) is 11.5 Å². The van der Waals surface area contributed by atoms with Crippen LogP contribution < -0.4 is 10.6 Å². The molecule has 14 heteroatoms. The molecule has 0 spiro atoms. The lowest BCUT2D eigenvalue weighted by Crippen LogP contribution is -2.36. The normalized spacial score (nSPS) is 11.4. The SMILES string of the molecule is C=C(OSc1ccc(C)cc1)C(=O)OCCOC(=O)NCCC(C)CC(C)(C)CNC(=O)OCCOC(=O)C(=C)OSc1ccc(C)cc1. The highest BCUT2D eigenvalue weighted by molar-refractivity contribution is 7.95. The predicted molar refractivity (Wildman–Crippen MR) is 187 cm³/mol. The average Bonchev–Trinajstić information content (AvgIpc) is 3.06. The molecule has 1 atom stereocenters. The summed E-state index contributed by atoms with van der Waals surface area (Å²) in [4.78, 5) is 49.8. The molecule has 0 aliphatic rings. The van der Waals surface area contributed by atoms with E-state index in [1.807, 2.05) is 83.1 Å². The molecule has 2 aromatic rings. The summed E-state index contributed by atoms with van der Waals surface area (Å²) >= 11 is 1.99. The minimum absolute atomic E-state index is 0.125. The van der Waals surface area contributed by atoms with Crippen LogP contribution in [0.4, 0.5) is 9.59 Å². The molecule has 12 nitrogen and oxygen atoms in total. The smallest absolute Gasteiger partial charge is 0.407 e. The summed E-state index contributed by atoms with van der Waals surface area (Å²) < 4.78 is 30.8. The fourth-order valence-electron chi connectivity index (χ4n) is 4.10. The summed E-state index contributed by atoms with van der Waals surface area (Å²) in [5, 5.41) is 5.40. The third-order valence-corrected chi connectivity index (χ3v) is 8.09. The van der Waals surface area contributed by atoms with E-state index in [0.717, 1.165) is 51.4 Å². The van der Waals surface area contributed by atoms with Gasteiger partial charge in [0.25, 0.3) is 0 Å². The van der Waals surface area contributed by atoms with E-state index in [2.05, 4.69) is 23.8 Å². The first-order valence-electron chi connectivity index (χ1n) is 15.6. The number of esters is 2. The van der Waals surface area contributed by atoms with Crippen LogP contribution in [-0.4, -0.2) is 63.6 Å². The number of aryl methyl sites for hydroxylation is 2. The first-order chi connectivity index (χ1) is 23.2. The van der Waals surface area contributed by atoms with Gasteiger partial charge in [0.1, 0.15) is 26.4 Å². The average molecular weight is 719 g/mol. The van der Waals surface area contributed by atoms with Gasteiger partial charge in [-0.2, -0.15) is 0 Å². The van der Waals surface area contributed by atoms with E-state index in [1.165, 1.54) is 0 Å². The second-order valence-electron chi connectivity index (χ2n) is 11.9. The topological polar surface area (TPSA) is 148 Å². The molecule has 0 saturated heterocycles. The molecule has 2 rings (SSSR count). The third kappa shape index (κ3) is 18.2. The monoisotopic (exact) mass is 718 g/mol. The van der Waals surface area contributed by atoms with Crippen LogP contribution in [0, 0.1) is 25.2 Å². The lowest BCUT2D eigenvalue weighted by Gasteiger charge is -2.28. The number of alkyl carbamates (subject to hydrolysis) is 2. The quantitative estimate of drug-likeness (QED) is 0.0340. The molecular formula is C35H46N2O10S2.